The van der Waals surface area contributed by atoms with E-state index in [4.69, 9.17) is 22.7 Å². The Morgan fingerprint density at radius 1 is 1.17 bits per heavy atom. The zero-order valence-electron chi connectivity index (χ0n) is 12.9. The molecule has 0 spiro atoms. The number of nitrogens with one attached hydrogen (secondary N) is 1. The van der Waals surface area contributed by atoms with E-state index in [-0.39, 0.29) is 17.3 Å². The van der Waals surface area contributed by atoms with Gasteiger partial charge < -0.3 is 10.6 Å². The average Bonchev–Trinajstić information content (AvgIpc) is 2.60. The molecule has 2 aromatic carbocycles. The van der Waals surface area contributed by atoms with Gasteiger partial charge in [-0.15, -0.1) is 0 Å². The quantitative estimate of drug-likeness (QED) is 0.509. The highest BCUT2D eigenvalue weighted by Gasteiger charge is 2.24. The summed E-state index contributed by atoms with van der Waals surface area (Å²) in [6.07, 6.45) is 5.51. The SMILES string of the molecule is N=C(N)C(=Cc1ccc(Cl)cc1)C(=O)N1CC=Cc2ccccc21. The fraction of sp³-hybridized carbons (Fsp3) is 0.0526. The van der Waals surface area contributed by atoms with Crippen molar-refractivity contribution in [3.05, 3.63) is 76.3 Å². The molecule has 1 aliphatic heterocycles. The summed E-state index contributed by atoms with van der Waals surface area (Å²) in [6.45, 7) is 0.446. The first-order valence-electron chi connectivity index (χ1n) is 7.45. The summed E-state index contributed by atoms with van der Waals surface area (Å²) in [6, 6.07) is 14.7. The van der Waals surface area contributed by atoms with Gasteiger partial charge in [0.05, 0.1) is 11.3 Å². The van der Waals surface area contributed by atoms with Crippen molar-refractivity contribution in [1.29, 1.82) is 5.41 Å². The number of carbonyl (C=O) groups excluding carboxylic acids is 1. The van der Waals surface area contributed by atoms with Gasteiger partial charge >= 0.3 is 0 Å². The van der Waals surface area contributed by atoms with Crippen LogP contribution in [0.15, 0.2) is 60.2 Å². The highest BCUT2D eigenvalue weighted by molar-refractivity contribution is 6.30. The third-order valence-electron chi connectivity index (χ3n) is 3.76. The number of para-hydroxylation sites is 1. The molecule has 3 N–H and O–H groups in total. The van der Waals surface area contributed by atoms with E-state index in [1.54, 1.807) is 35.2 Å². The molecule has 0 saturated carbocycles. The predicted molar refractivity (Wildman–Crippen MR) is 99.2 cm³/mol. The van der Waals surface area contributed by atoms with Crippen molar-refractivity contribution in [3.8, 4) is 0 Å². The molecule has 1 aliphatic rings. The van der Waals surface area contributed by atoms with Gasteiger partial charge in [-0.25, -0.2) is 0 Å². The molecule has 0 atom stereocenters. The molecule has 0 aromatic heterocycles. The van der Waals surface area contributed by atoms with Crippen LogP contribution in [-0.2, 0) is 4.79 Å². The molecule has 0 unspecified atom stereocenters. The number of nitrogens with two attached hydrogens (primary N) is 1. The Morgan fingerprint density at radius 2 is 1.88 bits per heavy atom. The van der Waals surface area contributed by atoms with Crippen LogP contribution in [0.4, 0.5) is 5.69 Å². The van der Waals surface area contributed by atoms with E-state index < -0.39 is 0 Å². The van der Waals surface area contributed by atoms with Crippen molar-refractivity contribution in [1.82, 2.24) is 0 Å². The van der Waals surface area contributed by atoms with Crippen LogP contribution >= 0.6 is 11.6 Å². The second kappa shape index (κ2) is 6.72. The van der Waals surface area contributed by atoms with Gasteiger partial charge in [0.1, 0.15) is 5.84 Å². The van der Waals surface area contributed by atoms with E-state index in [9.17, 15) is 4.79 Å². The van der Waals surface area contributed by atoms with E-state index in [1.165, 1.54) is 0 Å². The number of rotatable bonds is 3. The predicted octanol–water partition coefficient (Wildman–Crippen LogP) is 3.72. The number of amidine groups is 1. The van der Waals surface area contributed by atoms with Crippen LogP contribution in [0.25, 0.3) is 12.2 Å². The molecule has 0 radical (unpaired) electrons. The van der Waals surface area contributed by atoms with Gasteiger partial charge in [0.2, 0.25) is 0 Å². The van der Waals surface area contributed by atoms with Crippen LogP contribution in [-0.4, -0.2) is 18.3 Å². The van der Waals surface area contributed by atoms with Crippen LogP contribution in [0.3, 0.4) is 0 Å². The van der Waals surface area contributed by atoms with E-state index >= 15 is 0 Å². The van der Waals surface area contributed by atoms with Crippen molar-refractivity contribution < 1.29 is 4.79 Å². The summed E-state index contributed by atoms with van der Waals surface area (Å²) >= 11 is 5.88. The maximum atomic E-state index is 13.0. The van der Waals surface area contributed by atoms with Gasteiger partial charge in [-0.1, -0.05) is 54.1 Å². The number of hydrogen-bond donors (Lipinski definition) is 2. The summed E-state index contributed by atoms with van der Waals surface area (Å²) < 4.78 is 0. The molecule has 1 heterocycles. The second-order valence-corrected chi connectivity index (χ2v) is 5.84. The lowest BCUT2D eigenvalue weighted by atomic mass is 10.0. The molecular formula is C19H16ClN3O. The molecule has 0 saturated heterocycles. The zero-order valence-corrected chi connectivity index (χ0v) is 13.6. The Balaban J connectivity index is 1.98. The van der Waals surface area contributed by atoms with Gasteiger partial charge in [0, 0.05) is 11.6 Å². The highest BCUT2D eigenvalue weighted by atomic mass is 35.5. The number of benzene rings is 2. The first kappa shape index (κ1) is 16.0. The van der Waals surface area contributed by atoms with Crippen LogP contribution < -0.4 is 10.6 Å². The molecule has 0 aliphatic carbocycles. The van der Waals surface area contributed by atoms with Crippen LogP contribution in [0.2, 0.25) is 5.02 Å². The fourth-order valence-electron chi connectivity index (χ4n) is 2.58. The highest BCUT2D eigenvalue weighted by Crippen LogP contribution is 2.27. The van der Waals surface area contributed by atoms with Gasteiger partial charge in [0.25, 0.3) is 5.91 Å². The first-order chi connectivity index (χ1) is 11.6. The van der Waals surface area contributed by atoms with Crippen LogP contribution in [0.5, 0.6) is 0 Å². The van der Waals surface area contributed by atoms with E-state index in [1.807, 2.05) is 36.4 Å². The number of halogens is 1. The van der Waals surface area contributed by atoms with Crippen molar-refractivity contribution >= 4 is 41.2 Å². The lowest BCUT2D eigenvalue weighted by Crippen LogP contribution is -2.37. The number of carbonyl (C=O) groups is 1. The maximum Gasteiger partial charge on any atom is 0.262 e. The Morgan fingerprint density at radius 3 is 2.58 bits per heavy atom. The molecule has 120 valence electrons. The molecular weight excluding hydrogens is 322 g/mol. The summed E-state index contributed by atoms with van der Waals surface area (Å²) in [4.78, 5) is 14.6. The number of hydrogen-bond acceptors (Lipinski definition) is 2. The Bertz CT molecular complexity index is 853. The van der Waals surface area contributed by atoms with Gasteiger partial charge in [0.15, 0.2) is 0 Å². The van der Waals surface area contributed by atoms with Gasteiger partial charge in [-0.3, -0.25) is 10.2 Å². The minimum atomic E-state index is -0.297. The number of anilines is 1. The Labute approximate surface area is 145 Å². The number of nitrogens with zero attached hydrogens (tertiary/aromatic N) is 1. The number of fused-ring (bicyclic) bond motifs is 1. The minimum Gasteiger partial charge on any atom is -0.384 e. The van der Waals surface area contributed by atoms with E-state index in [0.717, 1.165) is 16.8 Å². The monoisotopic (exact) mass is 337 g/mol. The topological polar surface area (TPSA) is 70.2 Å². The van der Waals surface area contributed by atoms with Crippen molar-refractivity contribution in [2.45, 2.75) is 0 Å². The fourth-order valence-corrected chi connectivity index (χ4v) is 2.70. The standard InChI is InChI=1S/C19H16ClN3O/c20-15-9-7-13(8-10-15)12-16(18(21)22)19(24)23-11-3-5-14-4-1-2-6-17(14)23/h1-10,12H,11H2,(H3,21,22). The third kappa shape index (κ3) is 3.24. The van der Waals surface area contributed by atoms with Crippen molar-refractivity contribution in [2.24, 2.45) is 5.73 Å². The summed E-state index contributed by atoms with van der Waals surface area (Å²) in [5.41, 5.74) is 8.36. The van der Waals surface area contributed by atoms with Gasteiger partial charge in [-0.2, -0.15) is 0 Å². The first-order valence-corrected chi connectivity index (χ1v) is 7.83. The van der Waals surface area contributed by atoms with Crippen molar-refractivity contribution in [3.63, 3.8) is 0 Å². The summed E-state index contributed by atoms with van der Waals surface area (Å²) in [5, 5.41) is 8.40. The summed E-state index contributed by atoms with van der Waals surface area (Å²) in [5.74, 6) is -0.559. The lowest BCUT2D eigenvalue weighted by molar-refractivity contribution is -0.114. The molecule has 1 amide bonds. The van der Waals surface area contributed by atoms with E-state index in [0.29, 0.717) is 11.6 Å². The molecule has 3 rings (SSSR count). The molecule has 4 nitrogen and oxygen atoms in total. The molecule has 0 bridgehead atoms. The molecule has 2 aromatic rings. The molecule has 24 heavy (non-hydrogen) atoms. The zero-order chi connectivity index (χ0) is 17.1. The molecule has 0 fully saturated rings. The number of amides is 1. The average molecular weight is 338 g/mol. The Kier molecular flexibility index (Phi) is 4.49. The minimum absolute atomic E-state index is 0.155. The molecule has 5 heteroatoms. The lowest BCUT2D eigenvalue weighted by Gasteiger charge is -2.27. The third-order valence-corrected chi connectivity index (χ3v) is 4.01. The van der Waals surface area contributed by atoms with Gasteiger partial charge in [-0.05, 0) is 35.4 Å². The summed E-state index contributed by atoms with van der Waals surface area (Å²) in [7, 11) is 0. The van der Waals surface area contributed by atoms with E-state index in [2.05, 4.69) is 0 Å². The largest absolute Gasteiger partial charge is 0.384 e. The second-order valence-electron chi connectivity index (χ2n) is 5.40. The van der Waals surface area contributed by atoms with Crippen molar-refractivity contribution in [2.75, 3.05) is 11.4 Å². The smallest absolute Gasteiger partial charge is 0.262 e. The van der Waals surface area contributed by atoms with Crippen LogP contribution in [0, 0.1) is 5.41 Å². The maximum absolute atomic E-state index is 13.0. The van der Waals surface area contributed by atoms with Crippen LogP contribution in [0.1, 0.15) is 11.1 Å². The normalized spacial score (nSPS) is 13.5. The Hall–Kier alpha value is -2.85.